The van der Waals surface area contributed by atoms with E-state index in [4.69, 9.17) is 5.73 Å². The second-order valence-corrected chi connectivity index (χ2v) is 3.86. The van der Waals surface area contributed by atoms with E-state index in [9.17, 15) is 13.6 Å². The minimum absolute atomic E-state index is 0. The van der Waals surface area contributed by atoms with Gasteiger partial charge in [-0.05, 0) is 6.92 Å². The molecule has 0 aliphatic carbocycles. The summed E-state index contributed by atoms with van der Waals surface area (Å²) in [7, 11) is 0. The van der Waals surface area contributed by atoms with Crippen LogP contribution in [-0.2, 0) is 0 Å². The first-order chi connectivity index (χ1) is 6.96. The largest absolute Gasteiger partial charge is 0.345 e. The Morgan fingerprint density at radius 2 is 2.18 bits per heavy atom. The summed E-state index contributed by atoms with van der Waals surface area (Å²) in [5, 5.41) is 2.12. The number of amides is 1. The van der Waals surface area contributed by atoms with Crippen LogP contribution in [-0.4, -0.2) is 29.9 Å². The van der Waals surface area contributed by atoms with Gasteiger partial charge in [0, 0.05) is 0 Å². The Bertz CT molecular complexity index is 362. The van der Waals surface area contributed by atoms with Gasteiger partial charge < -0.3 is 11.1 Å². The van der Waals surface area contributed by atoms with Gasteiger partial charge in [-0.3, -0.25) is 4.79 Å². The van der Waals surface area contributed by atoms with Crippen LogP contribution in [0.4, 0.5) is 8.78 Å². The number of aryl methyl sites for hydroxylation is 1. The molecule has 0 saturated heterocycles. The topological polar surface area (TPSA) is 68.0 Å². The molecule has 4 nitrogen and oxygen atoms in total. The van der Waals surface area contributed by atoms with Crippen molar-refractivity contribution in [1.82, 2.24) is 10.3 Å². The highest BCUT2D eigenvalue weighted by atomic mass is 35.5. The summed E-state index contributed by atoms with van der Waals surface area (Å²) in [5.41, 5.74) is 6.86. The van der Waals surface area contributed by atoms with Crippen LogP contribution in [0.3, 0.4) is 0 Å². The maximum absolute atomic E-state index is 12.7. The molecule has 1 amide bonds. The Kier molecular flexibility index (Phi) is 8.60. The first-order valence-electron chi connectivity index (χ1n) is 4.22. The lowest BCUT2D eigenvalue weighted by atomic mass is 10.3. The molecule has 17 heavy (non-hydrogen) atoms. The SMILES string of the molecule is Cc1ncsc1C(=O)NCC(F)(F)CN.Cl.Cl. The molecule has 1 heterocycles. The smallest absolute Gasteiger partial charge is 0.277 e. The van der Waals surface area contributed by atoms with Crippen LogP contribution in [0, 0.1) is 6.92 Å². The Morgan fingerprint density at radius 1 is 1.59 bits per heavy atom. The summed E-state index contributed by atoms with van der Waals surface area (Å²) in [6.45, 7) is 0.112. The number of carbonyl (C=O) groups is 1. The second-order valence-electron chi connectivity index (χ2n) is 3.01. The highest BCUT2D eigenvalue weighted by Gasteiger charge is 2.27. The molecule has 0 radical (unpaired) electrons. The lowest BCUT2D eigenvalue weighted by Gasteiger charge is -2.13. The molecule has 0 bridgehead atoms. The zero-order chi connectivity index (χ0) is 11.5. The van der Waals surface area contributed by atoms with Gasteiger partial charge in [0.2, 0.25) is 0 Å². The summed E-state index contributed by atoms with van der Waals surface area (Å²) in [5.74, 6) is -3.60. The van der Waals surface area contributed by atoms with Crippen molar-refractivity contribution < 1.29 is 13.6 Å². The van der Waals surface area contributed by atoms with E-state index >= 15 is 0 Å². The predicted molar refractivity (Wildman–Crippen MR) is 67.7 cm³/mol. The fourth-order valence-electron chi connectivity index (χ4n) is 0.882. The van der Waals surface area contributed by atoms with Crippen molar-refractivity contribution in [3.05, 3.63) is 16.1 Å². The van der Waals surface area contributed by atoms with Crippen molar-refractivity contribution in [3.8, 4) is 0 Å². The lowest BCUT2D eigenvalue weighted by molar-refractivity contribution is 0.0119. The Hall–Kier alpha value is -0.500. The summed E-state index contributed by atoms with van der Waals surface area (Å²) in [6, 6.07) is 0. The molecule has 0 unspecified atom stereocenters. The molecule has 3 N–H and O–H groups in total. The van der Waals surface area contributed by atoms with E-state index in [0.717, 1.165) is 11.3 Å². The van der Waals surface area contributed by atoms with Gasteiger partial charge in [-0.1, -0.05) is 0 Å². The summed E-state index contributed by atoms with van der Waals surface area (Å²) < 4.78 is 25.4. The quantitative estimate of drug-likeness (QED) is 0.888. The van der Waals surface area contributed by atoms with Gasteiger partial charge in [0.1, 0.15) is 4.88 Å². The molecule has 0 atom stereocenters. The van der Waals surface area contributed by atoms with Crippen LogP contribution in [0.15, 0.2) is 5.51 Å². The van der Waals surface area contributed by atoms with E-state index in [0.29, 0.717) is 10.6 Å². The number of thiazole rings is 1. The standard InChI is InChI=1S/C8H11F2N3OS.2ClH/c1-5-6(15-4-13-5)7(14)12-3-8(9,10)2-11;;/h4H,2-3,11H2,1H3,(H,12,14);2*1H. The number of nitrogens with zero attached hydrogens (tertiary/aromatic N) is 1. The minimum Gasteiger partial charge on any atom is -0.345 e. The number of halogens is 4. The summed E-state index contributed by atoms with van der Waals surface area (Å²) >= 11 is 1.12. The molecule has 0 aromatic carbocycles. The number of rotatable bonds is 4. The number of aromatic nitrogens is 1. The third kappa shape index (κ3) is 5.58. The van der Waals surface area contributed by atoms with E-state index < -0.39 is 24.9 Å². The number of hydrogen-bond donors (Lipinski definition) is 2. The highest BCUT2D eigenvalue weighted by molar-refractivity contribution is 7.11. The number of nitrogens with two attached hydrogens (primary N) is 1. The fourth-order valence-corrected chi connectivity index (χ4v) is 1.60. The molecule has 1 rings (SSSR count). The molecule has 0 fully saturated rings. The maximum Gasteiger partial charge on any atom is 0.277 e. The Labute approximate surface area is 114 Å². The van der Waals surface area contributed by atoms with Gasteiger partial charge in [-0.2, -0.15) is 0 Å². The first-order valence-corrected chi connectivity index (χ1v) is 5.10. The predicted octanol–water partition coefficient (Wildman–Crippen LogP) is 1.62. The molecule has 0 spiro atoms. The van der Waals surface area contributed by atoms with Gasteiger partial charge in [0.15, 0.2) is 0 Å². The molecule has 0 saturated carbocycles. The summed E-state index contributed by atoms with van der Waals surface area (Å²) in [6.07, 6.45) is 0. The molecule has 100 valence electrons. The maximum atomic E-state index is 12.7. The van der Waals surface area contributed by atoms with Crippen molar-refractivity contribution in [1.29, 1.82) is 0 Å². The lowest BCUT2D eigenvalue weighted by Crippen LogP contribution is -2.41. The number of alkyl halides is 2. The van der Waals surface area contributed by atoms with E-state index in [2.05, 4.69) is 10.3 Å². The van der Waals surface area contributed by atoms with Gasteiger partial charge >= 0.3 is 0 Å². The highest BCUT2D eigenvalue weighted by Crippen LogP contribution is 2.13. The van der Waals surface area contributed by atoms with E-state index in [1.165, 1.54) is 5.51 Å². The van der Waals surface area contributed by atoms with Crippen molar-refractivity contribution in [3.63, 3.8) is 0 Å². The number of nitrogens with one attached hydrogen (secondary N) is 1. The van der Waals surface area contributed by atoms with Crippen molar-refractivity contribution in [2.45, 2.75) is 12.8 Å². The first kappa shape index (κ1) is 18.9. The molecule has 0 aliphatic heterocycles. The molecule has 1 aromatic rings. The zero-order valence-corrected chi connectivity index (χ0v) is 11.4. The minimum atomic E-state index is -3.06. The van der Waals surface area contributed by atoms with E-state index in [1.54, 1.807) is 6.92 Å². The number of carbonyl (C=O) groups excluding carboxylic acids is 1. The Morgan fingerprint density at radius 3 is 2.59 bits per heavy atom. The van der Waals surface area contributed by atoms with Crippen molar-refractivity contribution in [2.24, 2.45) is 5.73 Å². The van der Waals surface area contributed by atoms with Crippen LogP contribution in [0.5, 0.6) is 0 Å². The van der Waals surface area contributed by atoms with Crippen molar-refractivity contribution in [2.75, 3.05) is 13.1 Å². The number of hydrogen-bond acceptors (Lipinski definition) is 4. The van der Waals surface area contributed by atoms with Crippen LogP contribution < -0.4 is 11.1 Å². The molecule has 1 aromatic heterocycles. The molecule has 9 heteroatoms. The van der Waals surface area contributed by atoms with E-state index in [-0.39, 0.29) is 24.8 Å². The van der Waals surface area contributed by atoms with Crippen LogP contribution in [0.25, 0.3) is 0 Å². The van der Waals surface area contributed by atoms with Gasteiger partial charge in [0.05, 0.1) is 24.3 Å². The average Bonchev–Trinajstić information content (AvgIpc) is 2.61. The second kappa shape index (κ2) is 7.75. The van der Waals surface area contributed by atoms with Gasteiger partial charge in [-0.25, -0.2) is 13.8 Å². The fraction of sp³-hybridized carbons (Fsp3) is 0.500. The molecular weight excluding hydrogens is 295 g/mol. The third-order valence-corrected chi connectivity index (χ3v) is 2.69. The van der Waals surface area contributed by atoms with Gasteiger partial charge in [-0.15, -0.1) is 36.2 Å². The summed E-state index contributed by atoms with van der Waals surface area (Å²) in [4.78, 5) is 15.6. The normalized spacial score (nSPS) is 10.1. The zero-order valence-electron chi connectivity index (χ0n) is 8.91. The van der Waals surface area contributed by atoms with Crippen LogP contribution >= 0.6 is 36.2 Å². The Balaban J connectivity index is 0. The van der Waals surface area contributed by atoms with Crippen molar-refractivity contribution >= 4 is 42.1 Å². The van der Waals surface area contributed by atoms with Crippen LogP contribution in [0.2, 0.25) is 0 Å². The monoisotopic (exact) mass is 307 g/mol. The van der Waals surface area contributed by atoms with E-state index in [1.807, 2.05) is 0 Å². The van der Waals surface area contributed by atoms with Gasteiger partial charge in [0.25, 0.3) is 11.8 Å². The third-order valence-electron chi connectivity index (χ3n) is 1.76. The average molecular weight is 308 g/mol. The van der Waals surface area contributed by atoms with Crippen LogP contribution in [0.1, 0.15) is 15.4 Å². The molecule has 0 aliphatic rings. The molecular formula is C8H13Cl2F2N3OS.